The normalized spacial score (nSPS) is 10.3. The molecule has 0 fully saturated rings. The van der Waals surface area contributed by atoms with Crippen molar-refractivity contribution in [1.82, 2.24) is 19.9 Å². The van der Waals surface area contributed by atoms with Crippen LogP contribution in [-0.4, -0.2) is 48.3 Å². The van der Waals surface area contributed by atoms with Crippen molar-refractivity contribution in [3.8, 4) is 6.07 Å². The molecule has 0 aliphatic heterocycles. The molecule has 0 saturated heterocycles. The third-order valence-corrected chi connectivity index (χ3v) is 4.50. The van der Waals surface area contributed by atoms with Gasteiger partial charge in [0.1, 0.15) is 16.7 Å². The van der Waals surface area contributed by atoms with Gasteiger partial charge >= 0.3 is 6.03 Å². The second-order valence-electron chi connectivity index (χ2n) is 6.33. The first-order valence-electron chi connectivity index (χ1n) is 9.30. The van der Waals surface area contributed by atoms with E-state index in [2.05, 4.69) is 36.6 Å². The molecule has 0 unspecified atom stereocenters. The summed E-state index contributed by atoms with van der Waals surface area (Å²) in [6.07, 6.45) is 0. The molecule has 1 aromatic carbocycles. The van der Waals surface area contributed by atoms with Crippen molar-refractivity contribution < 1.29 is 4.79 Å². The third-order valence-electron chi connectivity index (χ3n) is 4.50. The minimum Gasteiger partial charge on any atom is -0.383 e. The number of imidazole rings is 1. The first-order chi connectivity index (χ1) is 14.5. The first kappa shape index (κ1) is 20.5. The molecule has 11 heteroatoms. The molecule has 156 valence electrons. The van der Waals surface area contributed by atoms with E-state index in [9.17, 15) is 4.79 Å². The Bertz CT molecular complexity index is 1110. The smallest absolute Gasteiger partial charge is 0.319 e. The van der Waals surface area contributed by atoms with Gasteiger partial charge in [0.05, 0.1) is 11.6 Å². The van der Waals surface area contributed by atoms with E-state index in [4.69, 9.17) is 11.0 Å². The molecule has 0 bridgehead atoms. The molecular formula is C19H24N10O. The number of benzene rings is 1. The maximum Gasteiger partial charge on any atom is 0.319 e. The number of carbonyl (C=O) groups is 1. The van der Waals surface area contributed by atoms with Crippen LogP contribution in [0.5, 0.6) is 0 Å². The van der Waals surface area contributed by atoms with Gasteiger partial charge in [0.2, 0.25) is 5.95 Å². The molecule has 0 atom stereocenters. The van der Waals surface area contributed by atoms with Crippen molar-refractivity contribution in [3.63, 3.8) is 0 Å². The molecular weight excluding hydrogens is 384 g/mol. The Morgan fingerprint density at radius 2 is 2.00 bits per heavy atom. The predicted octanol–water partition coefficient (Wildman–Crippen LogP) is 1.83. The molecule has 2 aromatic heterocycles. The van der Waals surface area contributed by atoms with Crippen LogP contribution in [0.3, 0.4) is 0 Å². The van der Waals surface area contributed by atoms with E-state index < -0.39 is 0 Å². The van der Waals surface area contributed by atoms with E-state index in [0.29, 0.717) is 47.4 Å². The number of urea groups is 1. The molecule has 0 radical (unpaired) electrons. The van der Waals surface area contributed by atoms with Gasteiger partial charge in [-0.15, -0.1) is 0 Å². The Labute approximate surface area is 173 Å². The largest absolute Gasteiger partial charge is 0.383 e. The number of anilines is 5. The molecule has 2 amide bonds. The van der Waals surface area contributed by atoms with Crippen LogP contribution in [0.2, 0.25) is 0 Å². The van der Waals surface area contributed by atoms with Crippen molar-refractivity contribution in [2.45, 2.75) is 6.54 Å². The van der Waals surface area contributed by atoms with Crippen LogP contribution in [0.25, 0.3) is 11.0 Å². The molecule has 0 aliphatic rings. The van der Waals surface area contributed by atoms with Crippen molar-refractivity contribution in [2.24, 2.45) is 0 Å². The average Bonchev–Trinajstić information content (AvgIpc) is 3.13. The minimum atomic E-state index is -0.369. The highest BCUT2D eigenvalue weighted by molar-refractivity contribution is 6.01. The fraction of sp³-hybridized carbons (Fsp3) is 0.263. The van der Waals surface area contributed by atoms with Crippen LogP contribution in [0.15, 0.2) is 24.3 Å². The number of carbonyl (C=O) groups excluding carboxylic acids is 1. The lowest BCUT2D eigenvalue weighted by Gasteiger charge is -2.15. The zero-order chi connectivity index (χ0) is 21.7. The quantitative estimate of drug-likeness (QED) is 0.345. The Hall–Kier alpha value is -4.20. The molecule has 30 heavy (non-hydrogen) atoms. The summed E-state index contributed by atoms with van der Waals surface area (Å²) in [4.78, 5) is 21.1. The second kappa shape index (κ2) is 8.87. The number of pyridine rings is 1. The fourth-order valence-corrected chi connectivity index (χ4v) is 3.18. The fourth-order valence-electron chi connectivity index (χ4n) is 3.18. The summed E-state index contributed by atoms with van der Waals surface area (Å²) < 4.78 is 1.93. The number of nitrogens with zero attached hydrogens (tertiary/aromatic N) is 4. The summed E-state index contributed by atoms with van der Waals surface area (Å²) in [7, 11) is 5.33. The highest BCUT2D eigenvalue weighted by atomic mass is 16.2. The number of nitrogens with two attached hydrogens (primary N) is 1. The molecule has 2 heterocycles. The van der Waals surface area contributed by atoms with Crippen molar-refractivity contribution in [3.05, 3.63) is 29.8 Å². The van der Waals surface area contributed by atoms with Gasteiger partial charge in [-0.3, -0.25) is 0 Å². The molecule has 7 N–H and O–H groups in total. The number of nitrogen functional groups attached to an aromatic ring is 1. The minimum absolute atomic E-state index is 0.312. The van der Waals surface area contributed by atoms with Crippen LogP contribution in [0.4, 0.5) is 33.8 Å². The number of nitrogens with one attached hydrogen (secondary N) is 5. The highest BCUT2D eigenvalue weighted by Crippen LogP contribution is 2.34. The van der Waals surface area contributed by atoms with E-state index in [1.807, 2.05) is 10.6 Å². The van der Waals surface area contributed by atoms with E-state index in [0.717, 1.165) is 11.2 Å². The van der Waals surface area contributed by atoms with Crippen molar-refractivity contribution in [1.29, 1.82) is 5.26 Å². The van der Waals surface area contributed by atoms with Gasteiger partial charge in [-0.1, -0.05) is 6.07 Å². The zero-order valence-electron chi connectivity index (χ0n) is 17.0. The molecule has 3 aromatic rings. The lowest BCUT2D eigenvalue weighted by molar-refractivity contribution is 0.251. The van der Waals surface area contributed by atoms with E-state index >= 15 is 0 Å². The van der Waals surface area contributed by atoms with Gasteiger partial charge in [-0.2, -0.15) is 5.26 Å². The van der Waals surface area contributed by atoms with Crippen molar-refractivity contribution >= 4 is 46.0 Å². The topological polar surface area (TPSA) is 158 Å². The van der Waals surface area contributed by atoms with E-state index in [1.165, 1.54) is 0 Å². The Balaban J connectivity index is 1.79. The number of amides is 2. The van der Waals surface area contributed by atoms with Crippen LogP contribution >= 0.6 is 0 Å². The Morgan fingerprint density at radius 1 is 1.20 bits per heavy atom. The second-order valence-corrected chi connectivity index (χ2v) is 6.33. The van der Waals surface area contributed by atoms with E-state index in [1.54, 1.807) is 45.4 Å². The number of rotatable bonds is 7. The maximum atomic E-state index is 12.2. The van der Waals surface area contributed by atoms with Gasteiger partial charge in [-0.25, -0.2) is 14.8 Å². The third kappa shape index (κ3) is 3.97. The zero-order valence-corrected chi connectivity index (χ0v) is 17.0. The Morgan fingerprint density at radius 3 is 2.67 bits per heavy atom. The molecule has 0 saturated carbocycles. The van der Waals surface area contributed by atoms with Gasteiger partial charge in [0.25, 0.3) is 0 Å². The summed E-state index contributed by atoms with van der Waals surface area (Å²) in [6, 6.07) is 8.38. The maximum absolute atomic E-state index is 12.2. The summed E-state index contributed by atoms with van der Waals surface area (Å²) in [5, 5.41) is 23.7. The summed E-state index contributed by atoms with van der Waals surface area (Å²) in [6.45, 7) is 0.782. The van der Waals surface area contributed by atoms with Crippen LogP contribution in [0, 0.1) is 11.3 Å². The molecule has 0 aliphatic carbocycles. The number of nitriles is 1. The molecule has 3 rings (SSSR count). The van der Waals surface area contributed by atoms with Crippen LogP contribution in [-0.2, 0) is 6.54 Å². The molecule has 11 nitrogen and oxygen atoms in total. The SMILES string of the molecule is CNc1nc(N)c2nc(NC)n(CCNC(=O)Nc3cccc(C#N)c3)c2c1NC. The number of hydrogen-bond donors (Lipinski definition) is 6. The Kier molecular flexibility index (Phi) is 6.07. The van der Waals surface area contributed by atoms with Crippen LogP contribution < -0.4 is 32.3 Å². The highest BCUT2D eigenvalue weighted by Gasteiger charge is 2.19. The summed E-state index contributed by atoms with van der Waals surface area (Å²) in [5.74, 6) is 1.52. The number of fused-ring (bicyclic) bond motifs is 1. The van der Waals surface area contributed by atoms with E-state index in [-0.39, 0.29) is 6.03 Å². The van der Waals surface area contributed by atoms with Gasteiger partial charge < -0.3 is 36.9 Å². The first-order valence-corrected chi connectivity index (χ1v) is 9.30. The average molecular weight is 408 g/mol. The summed E-state index contributed by atoms with van der Waals surface area (Å²) >= 11 is 0. The van der Waals surface area contributed by atoms with Crippen LogP contribution in [0.1, 0.15) is 5.56 Å². The van der Waals surface area contributed by atoms with Gasteiger partial charge in [0, 0.05) is 39.9 Å². The predicted molar refractivity (Wildman–Crippen MR) is 119 cm³/mol. The van der Waals surface area contributed by atoms with Gasteiger partial charge in [-0.05, 0) is 18.2 Å². The van der Waals surface area contributed by atoms with Gasteiger partial charge in [0.15, 0.2) is 11.6 Å². The number of hydrogen-bond acceptors (Lipinski definition) is 8. The lowest BCUT2D eigenvalue weighted by Crippen LogP contribution is -2.31. The summed E-state index contributed by atoms with van der Waals surface area (Å²) in [5.41, 5.74) is 9.22. The number of aromatic nitrogens is 3. The molecule has 0 spiro atoms. The lowest BCUT2D eigenvalue weighted by atomic mass is 10.2. The monoisotopic (exact) mass is 408 g/mol. The standard InChI is InChI=1S/C19H24N10O/c1-22-14-15-13(16(21)28-17(14)23-2)27-18(24-3)29(15)8-7-25-19(30)26-12-6-4-5-11(9-12)10-20/h4-6,9,22H,7-8H2,1-3H3,(H,24,27)(H3,21,23,28)(H2,25,26,30). The van der Waals surface area contributed by atoms with Crippen molar-refractivity contribution in [2.75, 3.05) is 54.7 Å².